The Morgan fingerprint density at radius 2 is 2.00 bits per heavy atom. The van der Waals surface area contributed by atoms with Crippen molar-refractivity contribution in [2.45, 2.75) is 20.8 Å². The standard InChI is InChI=1S/C10H14/c1-4-9-7-6-8(3)10(9)5-2/h4-8H,1-3H3/b9-4-,10-5-. The maximum absolute atomic E-state index is 2.24. The van der Waals surface area contributed by atoms with Crippen molar-refractivity contribution in [1.29, 1.82) is 0 Å². The third-order valence-corrected chi connectivity index (χ3v) is 2.01. The SMILES string of the molecule is C/C=C1/C=CC(C)/C1=C/C. The first kappa shape index (κ1) is 7.33. The van der Waals surface area contributed by atoms with Crippen molar-refractivity contribution < 1.29 is 0 Å². The first-order valence-electron chi connectivity index (χ1n) is 3.80. The van der Waals surface area contributed by atoms with E-state index in [4.69, 9.17) is 0 Å². The van der Waals surface area contributed by atoms with Gasteiger partial charge >= 0.3 is 0 Å². The highest BCUT2D eigenvalue weighted by atomic mass is 14.2. The van der Waals surface area contributed by atoms with Crippen LogP contribution in [-0.2, 0) is 0 Å². The monoisotopic (exact) mass is 134 g/mol. The summed E-state index contributed by atoms with van der Waals surface area (Å²) in [6, 6.07) is 0. The van der Waals surface area contributed by atoms with Gasteiger partial charge in [-0.05, 0) is 30.9 Å². The van der Waals surface area contributed by atoms with Crippen LogP contribution in [0.4, 0.5) is 0 Å². The predicted molar refractivity (Wildman–Crippen MR) is 45.8 cm³/mol. The van der Waals surface area contributed by atoms with E-state index in [9.17, 15) is 0 Å². The van der Waals surface area contributed by atoms with E-state index in [1.807, 2.05) is 0 Å². The molecule has 1 atom stereocenters. The molecule has 1 aliphatic carbocycles. The maximum atomic E-state index is 2.24. The molecule has 1 rings (SSSR count). The number of allylic oxidation sites excluding steroid dienone is 6. The van der Waals surface area contributed by atoms with Gasteiger partial charge in [0.2, 0.25) is 0 Å². The quantitative estimate of drug-likeness (QED) is 0.477. The average molecular weight is 134 g/mol. The van der Waals surface area contributed by atoms with Gasteiger partial charge in [0.25, 0.3) is 0 Å². The molecule has 0 N–H and O–H groups in total. The summed E-state index contributed by atoms with van der Waals surface area (Å²) in [6.45, 7) is 6.41. The summed E-state index contributed by atoms with van der Waals surface area (Å²) < 4.78 is 0. The van der Waals surface area contributed by atoms with Crippen LogP contribution in [0.25, 0.3) is 0 Å². The van der Waals surface area contributed by atoms with Gasteiger partial charge in [-0.15, -0.1) is 0 Å². The smallest absolute Gasteiger partial charge is 0.000456 e. The first-order valence-corrected chi connectivity index (χ1v) is 3.80. The van der Waals surface area contributed by atoms with Crippen LogP contribution in [0, 0.1) is 5.92 Å². The summed E-state index contributed by atoms with van der Waals surface area (Å²) in [5, 5.41) is 0. The van der Waals surface area contributed by atoms with Crippen molar-refractivity contribution in [2.24, 2.45) is 5.92 Å². The molecule has 10 heavy (non-hydrogen) atoms. The van der Waals surface area contributed by atoms with Gasteiger partial charge < -0.3 is 0 Å². The molecule has 1 aliphatic rings. The topological polar surface area (TPSA) is 0 Å². The third kappa shape index (κ3) is 1.06. The number of rotatable bonds is 0. The molecule has 0 spiro atoms. The van der Waals surface area contributed by atoms with E-state index in [1.54, 1.807) is 0 Å². The highest BCUT2D eigenvalue weighted by molar-refractivity contribution is 5.47. The van der Waals surface area contributed by atoms with Crippen molar-refractivity contribution in [3.8, 4) is 0 Å². The van der Waals surface area contributed by atoms with Gasteiger partial charge in [0.1, 0.15) is 0 Å². The minimum atomic E-state index is 0.621. The minimum absolute atomic E-state index is 0.621. The maximum Gasteiger partial charge on any atom is -0.000456 e. The van der Waals surface area contributed by atoms with Crippen molar-refractivity contribution in [1.82, 2.24) is 0 Å². The molecule has 0 fully saturated rings. The van der Waals surface area contributed by atoms with E-state index in [1.165, 1.54) is 11.1 Å². The summed E-state index contributed by atoms with van der Waals surface area (Å²) in [5.74, 6) is 0.621. The molecule has 54 valence electrons. The lowest BCUT2D eigenvalue weighted by atomic mass is 10.0. The van der Waals surface area contributed by atoms with E-state index in [2.05, 4.69) is 45.1 Å². The van der Waals surface area contributed by atoms with Gasteiger partial charge in [-0.2, -0.15) is 0 Å². The highest BCUT2D eigenvalue weighted by Crippen LogP contribution is 2.28. The fourth-order valence-corrected chi connectivity index (χ4v) is 1.40. The van der Waals surface area contributed by atoms with Gasteiger partial charge in [-0.1, -0.05) is 31.2 Å². The van der Waals surface area contributed by atoms with Crippen molar-refractivity contribution >= 4 is 0 Å². The Morgan fingerprint density at radius 3 is 2.40 bits per heavy atom. The molecule has 0 bridgehead atoms. The van der Waals surface area contributed by atoms with Gasteiger partial charge in [0, 0.05) is 0 Å². The van der Waals surface area contributed by atoms with E-state index in [0.717, 1.165) is 0 Å². The molecule has 0 heteroatoms. The van der Waals surface area contributed by atoms with Crippen LogP contribution in [0.1, 0.15) is 20.8 Å². The number of hydrogen-bond acceptors (Lipinski definition) is 0. The summed E-state index contributed by atoms with van der Waals surface area (Å²) in [6.07, 6.45) is 8.79. The second kappa shape index (κ2) is 2.87. The van der Waals surface area contributed by atoms with Crippen molar-refractivity contribution in [2.75, 3.05) is 0 Å². The Labute approximate surface area is 62.9 Å². The van der Waals surface area contributed by atoms with Crippen LogP contribution < -0.4 is 0 Å². The molecule has 0 aliphatic heterocycles. The highest BCUT2D eigenvalue weighted by Gasteiger charge is 2.12. The van der Waals surface area contributed by atoms with Crippen LogP contribution >= 0.6 is 0 Å². The van der Waals surface area contributed by atoms with Crippen molar-refractivity contribution in [3.05, 3.63) is 35.5 Å². The van der Waals surface area contributed by atoms with E-state index in [-0.39, 0.29) is 0 Å². The van der Waals surface area contributed by atoms with Crippen LogP contribution in [-0.4, -0.2) is 0 Å². The molecule has 0 aromatic rings. The summed E-state index contributed by atoms with van der Waals surface area (Å²) >= 11 is 0. The lowest BCUT2D eigenvalue weighted by molar-refractivity contribution is 0.906. The van der Waals surface area contributed by atoms with Crippen LogP contribution in [0.5, 0.6) is 0 Å². The van der Waals surface area contributed by atoms with Crippen LogP contribution in [0.2, 0.25) is 0 Å². The normalized spacial score (nSPS) is 32.5. The lowest BCUT2D eigenvalue weighted by Crippen LogP contribution is -1.89. The molecule has 0 heterocycles. The van der Waals surface area contributed by atoms with E-state index >= 15 is 0 Å². The molecule has 0 amide bonds. The Bertz CT molecular complexity index is 204. The Balaban J connectivity index is 2.93. The third-order valence-electron chi connectivity index (χ3n) is 2.01. The predicted octanol–water partition coefficient (Wildman–Crippen LogP) is 3.08. The van der Waals surface area contributed by atoms with Crippen LogP contribution in [0.15, 0.2) is 35.5 Å². The summed E-state index contributed by atoms with van der Waals surface area (Å²) in [5.41, 5.74) is 2.84. The second-order valence-electron chi connectivity index (χ2n) is 2.64. The van der Waals surface area contributed by atoms with Crippen LogP contribution in [0.3, 0.4) is 0 Å². The van der Waals surface area contributed by atoms with E-state index < -0.39 is 0 Å². The van der Waals surface area contributed by atoms with Gasteiger partial charge in [-0.25, -0.2) is 0 Å². The lowest BCUT2D eigenvalue weighted by Gasteiger charge is -2.03. The average Bonchev–Trinajstić information content (AvgIpc) is 2.30. The summed E-state index contributed by atoms with van der Waals surface area (Å²) in [7, 11) is 0. The fraction of sp³-hybridized carbons (Fsp3) is 0.400. The molecule has 0 saturated carbocycles. The summed E-state index contributed by atoms with van der Waals surface area (Å²) in [4.78, 5) is 0. The number of hydrogen-bond donors (Lipinski definition) is 0. The molecule has 0 radical (unpaired) electrons. The molecular formula is C10H14. The molecule has 0 saturated heterocycles. The minimum Gasteiger partial charge on any atom is -0.0833 e. The largest absolute Gasteiger partial charge is 0.0833 e. The van der Waals surface area contributed by atoms with Crippen molar-refractivity contribution in [3.63, 3.8) is 0 Å². The molecule has 1 unspecified atom stereocenters. The Kier molecular flexibility index (Phi) is 2.10. The second-order valence-corrected chi connectivity index (χ2v) is 2.64. The molecular weight excluding hydrogens is 120 g/mol. The molecule has 0 aromatic heterocycles. The zero-order chi connectivity index (χ0) is 7.56. The molecule has 0 aromatic carbocycles. The zero-order valence-corrected chi connectivity index (χ0v) is 6.89. The first-order chi connectivity index (χ1) is 4.79. The van der Waals surface area contributed by atoms with Gasteiger partial charge in [-0.3, -0.25) is 0 Å². The fourth-order valence-electron chi connectivity index (χ4n) is 1.40. The van der Waals surface area contributed by atoms with E-state index in [0.29, 0.717) is 5.92 Å². The van der Waals surface area contributed by atoms with Gasteiger partial charge in [0.05, 0.1) is 0 Å². The Morgan fingerprint density at radius 1 is 1.30 bits per heavy atom. The zero-order valence-electron chi connectivity index (χ0n) is 6.89. The van der Waals surface area contributed by atoms with Gasteiger partial charge in [0.15, 0.2) is 0 Å². The Hall–Kier alpha value is -0.780. The molecule has 0 nitrogen and oxygen atoms in total.